The smallest absolute Gasteiger partial charge is 0.219 e. The van der Waals surface area contributed by atoms with Crippen LogP contribution in [0.1, 0.15) is 23.1 Å². The van der Waals surface area contributed by atoms with E-state index in [0.717, 1.165) is 40.1 Å². The lowest BCUT2D eigenvalue weighted by atomic mass is 9.98. The number of pyridine rings is 1. The molecule has 24 heavy (non-hydrogen) atoms. The molecule has 0 saturated heterocycles. The van der Waals surface area contributed by atoms with Crippen LogP contribution in [0.25, 0.3) is 11.3 Å². The maximum Gasteiger partial charge on any atom is 0.219 e. The van der Waals surface area contributed by atoms with Crippen LogP contribution in [-0.2, 0) is 0 Å². The van der Waals surface area contributed by atoms with E-state index in [0.29, 0.717) is 0 Å². The van der Waals surface area contributed by atoms with Crippen molar-refractivity contribution in [1.29, 1.82) is 0 Å². The molecular formula is C19H15N5. The molecule has 0 amide bonds. The van der Waals surface area contributed by atoms with Gasteiger partial charge in [-0.15, -0.1) is 0 Å². The summed E-state index contributed by atoms with van der Waals surface area (Å²) >= 11 is 0. The Bertz CT molecular complexity index is 913. The number of rotatable bonds is 3. The van der Waals surface area contributed by atoms with Gasteiger partial charge < -0.3 is 5.73 Å². The first-order valence-corrected chi connectivity index (χ1v) is 7.66. The number of benzene rings is 1. The van der Waals surface area contributed by atoms with E-state index in [4.69, 9.17) is 10.7 Å². The van der Waals surface area contributed by atoms with Crippen molar-refractivity contribution in [2.75, 3.05) is 5.73 Å². The van der Waals surface area contributed by atoms with Gasteiger partial charge in [-0.1, -0.05) is 30.3 Å². The molecule has 0 spiro atoms. The molecule has 4 rings (SSSR count). The highest BCUT2D eigenvalue weighted by Gasteiger charge is 2.22. The van der Waals surface area contributed by atoms with Crippen molar-refractivity contribution in [3.8, 4) is 0 Å². The largest absolute Gasteiger partial charge is 0.368 e. The average molecular weight is 313 g/mol. The van der Waals surface area contributed by atoms with E-state index in [-0.39, 0.29) is 5.95 Å². The van der Waals surface area contributed by atoms with Crippen LogP contribution in [0.5, 0.6) is 0 Å². The van der Waals surface area contributed by atoms with Gasteiger partial charge in [0, 0.05) is 42.3 Å². The van der Waals surface area contributed by atoms with E-state index >= 15 is 0 Å². The number of hydrogen-bond donors (Lipinski definition) is 1. The second-order valence-corrected chi connectivity index (χ2v) is 5.49. The molecule has 0 radical (unpaired) electrons. The van der Waals surface area contributed by atoms with Crippen LogP contribution >= 0.6 is 0 Å². The number of nitrogens with zero attached hydrogens (tertiary/aromatic N) is 4. The minimum absolute atomic E-state index is 0.270. The van der Waals surface area contributed by atoms with Gasteiger partial charge in [0.2, 0.25) is 5.95 Å². The monoisotopic (exact) mass is 313 g/mol. The Morgan fingerprint density at radius 1 is 0.792 bits per heavy atom. The van der Waals surface area contributed by atoms with Crippen LogP contribution in [0.15, 0.2) is 72.2 Å². The molecule has 3 aromatic rings. The van der Waals surface area contributed by atoms with Crippen molar-refractivity contribution in [1.82, 2.24) is 15.0 Å². The zero-order chi connectivity index (χ0) is 16.4. The summed E-state index contributed by atoms with van der Waals surface area (Å²) < 4.78 is 0. The summed E-state index contributed by atoms with van der Waals surface area (Å²) in [5.41, 5.74) is 11.8. The van der Waals surface area contributed by atoms with E-state index in [1.807, 2.05) is 30.3 Å². The van der Waals surface area contributed by atoms with Crippen LogP contribution in [0.2, 0.25) is 0 Å². The van der Waals surface area contributed by atoms with Gasteiger partial charge in [-0.3, -0.25) is 9.98 Å². The lowest BCUT2D eigenvalue weighted by Gasteiger charge is -2.06. The van der Waals surface area contributed by atoms with Gasteiger partial charge in [-0.05, 0) is 23.3 Å². The van der Waals surface area contributed by atoms with Crippen LogP contribution < -0.4 is 5.73 Å². The summed E-state index contributed by atoms with van der Waals surface area (Å²) in [4.78, 5) is 17.2. The van der Waals surface area contributed by atoms with Crippen LogP contribution in [0.3, 0.4) is 0 Å². The normalized spacial score (nSPS) is 13.9. The Morgan fingerprint density at radius 3 is 2.21 bits per heavy atom. The lowest BCUT2D eigenvalue weighted by molar-refractivity contribution is 1.17. The molecule has 0 bridgehead atoms. The Balaban J connectivity index is 1.81. The first kappa shape index (κ1) is 14.3. The third kappa shape index (κ3) is 2.67. The number of anilines is 1. The Kier molecular flexibility index (Phi) is 3.59. The fourth-order valence-corrected chi connectivity index (χ4v) is 2.77. The quantitative estimate of drug-likeness (QED) is 0.805. The van der Waals surface area contributed by atoms with Gasteiger partial charge in [-0.2, -0.15) is 0 Å². The molecule has 0 fully saturated rings. The molecule has 1 aliphatic heterocycles. The van der Waals surface area contributed by atoms with E-state index in [2.05, 4.69) is 27.1 Å². The van der Waals surface area contributed by atoms with Gasteiger partial charge >= 0.3 is 0 Å². The first-order valence-electron chi connectivity index (χ1n) is 7.66. The molecule has 2 N–H and O–H groups in total. The number of nitrogens with two attached hydrogens (primary N) is 1. The SMILES string of the molecule is Nc1ncc(C2=C(c3ccncc3)N=C(c3ccccc3)C2)cn1. The van der Waals surface area contributed by atoms with E-state index in [1.54, 1.807) is 24.8 Å². The van der Waals surface area contributed by atoms with Gasteiger partial charge in [-0.25, -0.2) is 9.97 Å². The molecule has 0 saturated carbocycles. The van der Waals surface area contributed by atoms with E-state index in [9.17, 15) is 0 Å². The van der Waals surface area contributed by atoms with Crippen molar-refractivity contribution in [3.63, 3.8) is 0 Å². The molecule has 5 nitrogen and oxygen atoms in total. The van der Waals surface area contributed by atoms with Crippen molar-refractivity contribution >= 4 is 22.9 Å². The summed E-state index contributed by atoms with van der Waals surface area (Å²) in [5.74, 6) is 0.270. The van der Waals surface area contributed by atoms with Crippen LogP contribution in [-0.4, -0.2) is 20.7 Å². The molecule has 5 heteroatoms. The van der Waals surface area contributed by atoms with Crippen LogP contribution in [0, 0.1) is 0 Å². The number of hydrogen-bond acceptors (Lipinski definition) is 5. The predicted octanol–water partition coefficient (Wildman–Crippen LogP) is 3.22. The standard InChI is InChI=1S/C19H15N5/c20-19-22-11-15(12-23-19)16-10-17(13-4-2-1-3-5-13)24-18(16)14-6-8-21-9-7-14/h1-9,11-12H,10H2,(H2,20,22,23). The van der Waals surface area contributed by atoms with Crippen molar-refractivity contribution < 1.29 is 0 Å². The minimum atomic E-state index is 0.270. The summed E-state index contributed by atoms with van der Waals surface area (Å²) in [7, 11) is 0. The van der Waals surface area contributed by atoms with E-state index in [1.165, 1.54) is 0 Å². The summed E-state index contributed by atoms with van der Waals surface area (Å²) in [6, 6.07) is 14.1. The molecule has 0 atom stereocenters. The van der Waals surface area contributed by atoms with Crippen molar-refractivity contribution in [2.24, 2.45) is 4.99 Å². The zero-order valence-electron chi connectivity index (χ0n) is 12.9. The molecule has 3 heterocycles. The Morgan fingerprint density at radius 2 is 1.50 bits per heavy atom. The van der Waals surface area contributed by atoms with E-state index < -0.39 is 0 Å². The maximum atomic E-state index is 5.61. The molecule has 1 aliphatic rings. The summed E-state index contributed by atoms with van der Waals surface area (Å²) in [6.07, 6.45) is 7.78. The Labute approximate surface area is 139 Å². The average Bonchev–Trinajstić information content (AvgIpc) is 3.09. The molecule has 116 valence electrons. The predicted molar refractivity (Wildman–Crippen MR) is 95.1 cm³/mol. The van der Waals surface area contributed by atoms with Crippen LogP contribution in [0.4, 0.5) is 5.95 Å². The van der Waals surface area contributed by atoms with Crippen molar-refractivity contribution in [3.05, 3.63) is 83.9 Å². The van der Waals surface area contributed by atoms with Gasteiger partial charge in [0.25, 0.3) is 0 Å². The third-order valence-electron chi connectivity index (χ3n) is 3.96. The zero-order valence-corrected chi connectivity index (χ0v) is 12.9. The first-order chi connectivity index (χ1) is 11.8. The number of allylic oxidation sites excluding steroid dienone is 1. The molecule has 0 aliphatic carbocycles. The van der Waals surface area contributed by atoms with Gasteiger partial charge in [0.1, 0.15) is 0 Å². The summed E-state index contributed by atoms with van der Waals surface area (Å²) in [6.45, 7) is 0. The molecule has 1 aromatic carbocycles. The molecule has 0 unspecified atom stereocenters. The number of aliphatic imine (C=N–C) groups is 1. The van der Waals surface area contributed by atoms with Gasteiger partial charge in [0.15, 0.2) is 0 Å². The van der Waals surface area contributed by atoms with Crippen molar-refractivity contribution in [2.45, 2.75) is 6.42 Å². The minimum Gasteiger partial charge on any atom is -0.368 e. The highest BCUT2D eigenvalue weighted by atomic mass is 15.0. The summed E-state index contributed by atoms with van der Waals surface area (Å²) in [5, 5.41) is 0. The second-order valence-electron chi connectivity index (χ2n) is 5.49. The topological polar surface area (TPSA) is 77.0 Å². The third-order valence-corrected chi connectivity index (χ3v) is 3.96. The molecular weight excluding hydrogens is 298 g/mol. The fourth-order valence-electron chi connectivity index (χ4n) is 2.77. The molecule has 2 aromatic heterocycles. The second kappa shape index (κ2) is 6.04. The van der Waals surface area contributed by atoms with Gasteiger partial charge in [0.05, 0.1) is 11.4 Å². The Hall–Kier alpha value is -3.34. The number of aromatic nitrogens is 3. The lowest BCUT2D eigenvalue weighted by Crippen LogP contribution is -1.99. The fraction of sp³-hybridized carbons (Fsp3) is 0.0526. The number of nitrogen functional groups attached to an aromatic ring is 1. The maximum absolute atomic E-state index is 5.61. The highest BCUT2D eigenvalue weighted by Crippen LogP contribution is 2.36. The highest BCUT2D eigenvalue weighted by molar-refractivity contribution is 6.16.